The third kappa shape index (κ3) is 3.55. The lowest BCUT2D eigenvalue weighted by Gasteiger charge is -2.23. The Morgan fingerprint density at radius 2 is 1.89 bits per heavy atom. The molecule has 6 heteroatoms. The highest BCUT2D eigenvalue weighted by molar-refractivity contribution is 5.92. The van der Waals surface area contributed by atoms with Crippen molar-refractivity contribution in [3.63, 3.8) is 0 Å². The Morgan fingerprint density at radius 1 is 1.21 bits per heavy atom. The molecule has 2 saturated carbocycles. The number of carbonyl (C=O) groups excluding carboxylic acids is 1. The van der Waals surface area contributed by atoms with Crippen molar-refractivity contribution in [2.24, 2.45) is 0 Å². The molecule has 0 atom stereocenters. The number of aromatic hydroxyl groups is 1. The van der Waals surface area contributed by atoms with Crippen molar-refractivity contribution in [1.29, 1.82) is 0 Å². The molecule has 2 aliphatic carbocycles. The van der Waals surface area contributed by atoms with E-state index in [9.17, 15) is 14.7 Å². The van der Waals surface area contributed by atoms with Gasteiger partial charge in [0, 0.05) is 12.5 Å². The van der Waals surface area contributed by atoms with Crippen LogP contribution in [0.15, 0.2) is 35.3 Å². The predicted molar refractivity (Wildman–Crippen MR) is 107 cm³/mol. The van der Waals surface area contributed by atoms with Crippen LogP contribution in [-0.2, 0) is 12.0 Å². The second-order valence-corrected chi connectivity index (χ2v) is 8.21. The van der Waals surface area contributed by atoms with E-state index >= 15 is 0 Å². The van der Waals surface area contributed by atoms with E-state index in [0.29, 0.717) is 12.5 Å². The summed E-state index contributed by atoms with van der Waals surface area (Å²) in [5.41, 5.74) is 1.64. The summed E-state index contributed by atoms with van der Waals surface area (Å²) in [6.07, 6.45) is 9.96. The fourth-order valence-corrected chi connectivity index (χ4v) is 4.42. The van der Waals surface area contributed by atoms with E-state index in [1.165, 1.54) is 61.2 Å². The Bertz CT molecular complexity index is 923. The Morgan fingerprint density at radius 3 is 2.50 bits per heavy atom. The lowest BCUT2D eigenvalue weighted by atomic mass is 9.83. The highest BCUT2D eigenvalue weighted by Crippen LogP contribution is 2.49. The number of rotatable bonds is 5. The minimum Gasteiger partial charge on any atom is -0.503 e. The van der Waals surface area contributed by atoms with Crippen molar-refractivity contribution in [3.05, 3.63) is 57.5 Å². The number of nitrogens with zero attached hydrogens (tertiary/aromatic N) is 2. The zero-order chi connectivity index (χ0) is 19.7. The highest BCUT2D eigenvalue weighted by atomic mass is 16.3. The largest absolute Gasteiger partial charge is 0.503 e. The zero-order valence-corrected chi connectivity index (χ0v) is 16.3. The van der Waals surface area contributed by atoms with Crippen LogP contribution in [0.5, 0.6) is 5.75 Å². The molecular formula is C22H27N3O3. The summed E-state index contributed by atoms with van der Waals surface area (Å²) in [6, 6.07) is 8.97. The molecule has 28 heavy (non-hydrogen) atoms. The van der Waals surface area contributed by atoms with E-state index in [1.807, 2.05) is 0 Å². The fourth-order valence-electron chi connectivity index (χ4n) is 4.42. The molecule has 0 bridgehead atoms. The molecule has 2 fully saturated rings. The van der Waals surface area contributed by atoms with E-state index in [1.54, 1.807) is 0 Å². The lowest BCUT2D eigenvalue weighted by molar-refractivity contribution is 0.0953. The molecule has 0 spiro atoms. The van der Waals surface area contributed by atoms with Crippen LogP contribution in [0.2, 0.25) is 0 Å². The van der Waals surface area contributed by atoms with Crippen LogP contribution in [0.1, 0.15) is 72.5 Å². The number of carbonyl (C=O) groups is 1. The van der Waals surface area contributed by atoms with Crippen LogP contribution in [0.25, 0.3) is 0 Å². The van der Waals surface area contributed by atoms with Gasteiger partial charge in [-0.15, -0.1) is 0 Å². The van der Waals surface area contributed by atoms with Gasteiger partial charge in [0.1, 0.15) is 0 Å². The maximum Gasteiger partial charge on any atom is 0.275 e. The monoisotopic (exact) mass is 381 g/mol. The van der Waals surface area contributed by atoms with Gasteiger partial charge in [-0.2, -0.15) is 5.10 Å². The van der Waals surface area contributed by atoms with E-state index in [0.717, 1.165) is 12.8 Å². The van der Waals surface area contributed by atoms with Gasteiger partial charge in [-0.1, -0.05) is 43.5 Å². The number of benzene rings is 1. The standard InChI is InChI=1S/C22H27N3O3/c1-23-21(28)19-20(27)18(26)13-25(24-19)14-22(11-12-22)17-9-7-16(8-10-17)15-5-3-2-4-6-15/h7-10,13,15,26H,2-6,11-12,14H2,1H3,(H,23,28). The Hall–Kier alpha value is -2.63. The van der Waals surface area contributed by atoms with Gasteiger partial charge < -0.3 is 10.4 Å². The summed E-state index contributed by atoms with van der Waals surface area (Å²) in [5, 5.41) is 16.5. The molecule has 148 valence electrons. The minimum absolute atomic E-state index is 0.0421. The molecule has 0 radical (unpaired) electrons. The molecule has 2 N–H and O–H groups in total. The van der Waals surface area contributed by atoms with Gasteiger partial charge in [-0.3, -0.25) is 14.3 Å². The smallest absolute Gasteiger partial charge is 0.275 e. The number of amides is 1. The summed E-state index contributed by atoms with van der Waals surface area (Å²) in [6.45, 7) is 0.535. The number of hydrogen-bond donors (Lipinski definition) is 2. The fraction of sp³-hybridized carbons (Fsp3) is 0.500. The second kappa shape index (κ2) is 7.41. The van der Waals surface area contributed by atoms with Crippen LogP contribution >= 0.6 is 0 Å². The SMILES string of the molecule is CNC(=O)c1nn(CC2(c3ccc(C4CCCCC4)cc3)CC2)cc(O)c1=O. The molecule has 1 aromatic heterocycles. The molecule has 2 aliphatic rings. The molecular weight excluding hydrogens is 354 g/mol. The van der Waals surface area contributed by atoms with Crippen molar-refractivity contribution in [3.8, 4) is 5.75 Å². The number of hydrogen-bond acceptors (Lipinski definition) is 4. The van der Waals surface area contributed by atoms with Crippen LogP contribution in [0.3, 0.4) is 0 Å². The maximum atomic E-state index is 12.0. The lowest BCUT2D eigenvalue weighted by Crippen LogP contribution is -2.30. The van der Waals surface area contributed by atoms with Gasteiger partial charge >= 0.3 is 0 Å². The van der Waals surface area contributed by atoms with E-state index < -0.39 is 17.1 Å². The average molecular weight is 381 g/mol. The van der Waals surface area contributed by atoms with Gasteiger partial charge in [0.15, 0.2) is 11.4 Å². The molecule has 1 amide bonds. The van der Waals surface area contributed by atoms with Gasteiger partial charge in [-0.25, -0.2) is 0 Å². The first kappa shape index (κ1) is 18.7. The quantitative estimate of drug-likeness (QED) is 0.834. The maximum absolute atomic E-state index is 12.0. The Kier molecular flexibility index (Phi) is 4.96. The zero-order valence-electron chi connectivity index (χ0n) is 16.3. The van der Waals surface area contributed by atoms with Crippen LogP contribution in [0, 0.1) is 0 Å². The van der Waals surface area contributed by atoms with Crippen molar-refractivity contribution in [2.45, 2.75) is 62.8 Å². The topological polar surface area (TPSA) is 84.2 Å². The van der Waals surface area contributed by atoms with Crippen LogP contribution in [-0.4, -0.2) is 27.8 Å². The first-order valence-corrected chi connectivity index (χ1v) is 10.2. The van der Waals surface area contributed by atoms with E-state index in [-0.39, 0.29) is 11.1 Å². The second-order valence-electron chi connectivity index (χ2n) is 8.21. The summed E-state index contributed by atoms with van der Waals surface area (Å²) in [7, 11) is 1.44. The summed E-state index contributed by atoms with van der Waals surface area (Å²) in [4.78, 5) is 23.9. The Balaban J connectivity index is 1.56. The van der Waals surface area contributed by atoms with Crippen molar-refractivity contribution in [2.75, 3.05) is 7.05 Å². The first-order valence-electron chi connectivity index (χ1n) is 10.2. The van der Waals surface area contributed by atoms with Crippen LogP contribution in [0.4, 0.5) is 0 Å². The van der Waals surface area contributed by atoms with Crippen molar-refractivity contribution >= 4 is 5.91 Å². The van der Waals surface area contributed by atoms with Gasteiger partial charge in [0.25, 0.3) is 11.3 Å². The van der Waals surface area contributed by atoms with Gasteiger partial charge in [0.05, 0.1) is 12.7 Å². The van der Waals surface area contributed by atoms with Crippen molar-refractivity contribution in [1.82, 2.24) is 15.1 Å². The third-order valence-corrected chi connectivity index (χ3v) is 6.31. The summed E-state index contributed by atoms with van der Waals surface area (Å²) in [5.74, 6) is -0.348. The Labute approximate surface area is 164 Å². The molecule has 1 aromatic carbocycles. The van der Waals surface area contributed by atoms with Gasteiger partial charge in [0.2, 0.25) is 0 Å². The summed E-state index contributed by atoms with van der Waals surface area (Å²) >= 11 is 0. The normalized spacial score (nSPS) is 18.6. The molecule has 2 aromatic rings. The van der Waals surface area contributed by atoms with Gasteiger partial charge in [-0.05, 0) is 42.7 Å². The molecule has 6 nitrogen and oxygen atoms in total. The molecule has 0 unspecified atom stereocenters. The first-order chi connectivity index (χ1) is 13.5. The van der Waals surface area contributed by atoms with E-state index in [2.05, 4.69) is 34.7 Å². The molecule has 0 aliphatic heterocycles. The number of nitrogens with one attached hydrogen (secondary N) is 1. The molecule has 1 heterocycles. The van der Waals surface area contributed by atoms with Crippen molar-refractivity contribution < 1.29 is 9.90 Å². The van der Waals surface area contributed by atoms with E-state index in [4.69, 9.17) is 0 Å². The minimum atomic E-state index is -0.739. The predicted octanol–water partition coefficient (Wildman–Crippen LogP) is 3.09. The third-order valence-electron chi connectivity index (χ3n) is 6.31. The summed E-state index contributed by atoms with van der Waals surface area (Å²) < 4.78 is 1.53. The highest BCUT2D eigenvalue weighted by Gasteiger charge is 2.45. The van der Waals surface area contributed by atoms with Crippen LogP contribution < -0.4 is 10.7 Å². The molecule has 4 rings (SSSR count). The molecule has 0 saturated heterocycles. The average Bonchev–Trinajstić information content (AvgIpc) is 3.51. The number of aromatic nitrogens is 2.